The maximum Gasteiger partial charge on any atom is 0.265 e. The molecule has 1 rings (SSSR count). The van der Waals surface area contributed by atoms with Crippen molar-refractivity contribution in [2.24, 2.45) is 0 Å². The Hall–Kier alpha value is -1.14. The molecule has 0 heterocycles. The summed E-state index contributed by atoms with van der Waals surface area (Å²) in [4.78, 5) is 11.7. The zero-order valence-corrected chi connectivity index (χ0v) is 12.5. The van der Waals surface area contributed by atoms with E-state index in [0.29, 0.717) is 16.5 Å². The zero-order valence-electron chi connectivity index (χ0n) is 10.1. The summed E-state index contributed by atoms with van der Waals surface area (Å²) in [6, 6.07) is 6.33. The Balaban J connectivity index is 3.01. The van der Waals surface area contributed by atoms with Gasteiger partial charge in [0, 0.05) is 10.0 Å². The summed E-state index contributed by atoms with van der Waals surface area (Å²) in [6.45, 7) is 3.45. The maximum atomic E-state index is 12.0. The molecule has 0 saturated carbocycles. The minimum atomic E-state index is -3.84. The minimum absolute atomic E-state index is 0.0441. The normalized spacial score (nSPS) is 12.3. The van der Waals surface area contributed by atoms with E-state index in [9.17, 15) is 13.2 Å². The number of hydrogen-bond acceptors (Lipinski definition) is 3. The molecular formula is C12H14BrNO3S. The monoisotopic (exact) mass is 331 g/mol. The van der Waals surface area contributed by atoms with Gasteiger partial charge in [0.1, 0.15) is 4.90 Å². The molecule has 0 unspecified atom stereocenters. The van der Waals surface area contributed by atoms with Gasteiger partial charge in [-0.3, -0.25) is 4.79 Å². The number of amides is 1. The Morgan fingerprint density at radius 2 is 2.00 bits per heavy atom. The van der Waals surface area contributed by atoms with E-state index in [4.69, 9.17) is 0 Å². The van der Waals surface area contributed by atoms with Crippen molar-refractivity contribution in [2.45, 2.75) is 25.2 Å². The van der Waals surface area contributed by atoms with E-state index in [1.165, 1.54) is 6.07 Å². The van der Waals surface area contributed by atoms with E-state index >= 15 is 0 Å². The Labute approximate surface area is 115 Å². The van der Waals surface area contributed by atoms with Gasteiger partial charge in [-0.1, -0.05) is 25.1 Å². The first-order valence-corrected chi connectivity index (χ1v) is 7.64. The summed E-state index contributed by atoms with van der Waals surface area (Å²) in [5, 5.41) is 0. The van der Waals surface area contributed by atoms with Crippen molar-refractivity contribution in [1.82, 2.24) is 4.72 Å². The fourth-order valence-corrected chi connectivity index (χ4v) is 3.34. The molecular weight excluding hydrogens is 318 g/mol. The molecule has 0 radical (unpaired) electrons. The lowest BCUT2D eigenvalue weighted by Gasteiger charge is -2.08. The van der Waals surface area contributed by atoms with E-state index in [0.717, 1.165) is 0 Å². The summed E-state index contributed by atoms with van der Waals surface area (Å²) < 4.78 is 26.4. The number of sulfonamides is 1. The highest BCUT2D eigenvalue weighted by molar-refractivity contribution is 9.10. The van der Waals surface area contributed by atoms with Gasteiger partial charge in [-0.05, 0) is 41.4 Å². The SMILES string of the molecule is CC/C=C(/C)C(=O)NS(=O)(=O)c1ccccc1Br. The van der Waals surface area contributed by atoms with Crippen LogP contribution in [0.3, 0.4) is 0 Å². The summed E-state index contributed by atoms with van der Waals surface area (Å²) in [5.41, 5.74) is 0.383. The molecule has 0 aliphatic heterocycles. The third-order valence-corrected chi connectivity index (χ3v) is 4.56. The van der Waals surface area contributed by atoms with Gasteiger partial charge in [-0.25, -0.2) is 13.1 Å². The highest BCUT2D eigenvalue weighted by Gasteiger charge is 2.20. The number of nitrogens with one attached hydrogen (secondary N) is 1. The predicted molar refractivity (Wildman–Crippen MR) is 73.5 cm³/mol. The zero-order chi connectivity index (χ0) is 13.8. The van der Waals surface area contributed by atoms with Gasteiger partial charge in [-0.15, -0.1) is 0 Å². The van der Waals surface area contributed by atoms with Crippen molar-refractivity contribution in [3.63, 3.8) is 0 Å². The van der Waals surface area contributed by atoms with Crippen LogP contribution in [0.2, 0.25) is 0 Å². The van der Waals surface area contributed by atoms with Crippen LogP contribution in [0, 0.1) is 0 Å². The molecule has 1 amide bonds. The summed E-state index contributed by atoms with van der Waals surface area (Å²) in [5.74, 6) is -0.604. The number of benzene rings is 1. The van der Waals surface area contributed by atoms with Crippen LogP contribution in [0.25, 0.3) is 0 Å². The number of halogens is 1. The van der Waals surface area contributed by atoms with Gasteiger partial charge in [0.25, 0.3) is 15.9 Å². The molecule has 18 heavy (non-hydrogen) atoms. The van der Waals surface area contributed by atoms with Gasteiger partial charge in [-0.2, -0.15) is 0 Å². The van der Waals surface area contributed by atoms with Gasteiger partial charge < -0.3 is 0 Å². The lowest BCUT2D eigenvalue weighted by atomic mass is 10.2. The Morgan fingerprint density at radius 3 is 2.56 bits per heavy atom. The van der Waals surface area contributed by atoms with Crippen LogP contribution in [0.15, 0.2) is 45.3 Å². The van der Waals surface area contributed by atoms with E-state index < -0.39 is 15.9 Å². The van der Waals surface area contributed by atoms with Gasteiger partial charge >= 0.3 is 0 Å². The molecule has 0 aromatic heterocycles. The smallest absolute Gasteiger partial charge is 0.265 e. The fourth-order valence-electron chi connectivity index (χ4n) is 1.32. The fraction of sp³-hybridized carbons (Fsp3) is 0.250. The van der Waals surface area contributed by atoms with Gasteiger partial charge in [0.05, 0.1) is 0 Å². The minimum Gasteiger partial charge on any atom is -0.269 e. The number of rotatable bonds is 4. The average Bonchev–Trinajstić information content (AvgIpc) is 2.29. The van der Waals surface area contributed by atoms with Crippen molar-refractivity contribution < 1.29 is 13.2 Å². The van der Waals surface area contributed by atoms with Crippen LogP contribution >= 0.6 is 15.9 Å². The summed E-state index contributed by atoms with van der Waals surface area (Å²) in [7, 11) is -3.84. The van der Waals surface area contributed by atoms with Gasteiger partial charge in [0.2, 0.25) is 0 Å². The molecule has 1 N–H and O–H groups in total. The quantitative estimate of drug-likeness (QED) is 0.862. The van der Waals surface area contributed by atoms with Crippen LogP contribution in [-0.4, -0.2) is 14.3 Å². The second-order valence-corrected chi connectivity index (χ2v) is 6.17. The Kier molecular flexibility index (Phi) is 5.10. The van der Waals surface area contributed by atoms with E-state index in [1.807, 2.05) is 11.6 Å². The van der Waals surface area contributed by atoms with E-state index in [2.05, 4.69) is 15.9 Å². The highest BCUT2D eigenvalue weighted by atomic mass is 79.9. The Bertz CT molecular complexity index is 579. The Morgan fingerprint density at radius 1 is 1.39 bits per heavy atom. The van der Waals surface area contributed by atoms with Crippen LogP contribution in [0.1, 0.15) is 20.3 Å². The van der Waals surface area contributed by atoms with Crippen molar-refractivity contribution in [3.8, 4) is 0 Å². The molecule has 0 atom stereocenters. The molecule has 4 nitrogen and oxygen atoms in total. The van der Waals surface area contributed by atoms with Crippen LogP contribution in [-0.2, 0) is 14.8 Å². The van der Waals surface area contributed by atoms with E-state index in [-0.39, 0.29) is 4.90 Å². The third kappa shape index (κ3) is 3.68. The number of carbonyl (C=O) groups excluding carboxylic acids is 1. The maximum absolute atomic E-state index is 12.0. The van der Waals surface area contributed by atoms with Crippen molar-refractivity contribution in [3.05, 3.63) is 40.4 Å². The molecule has 1 aromatic rings. The van der Waals surface area contributed by atoms with Crippen LogP contribution < -0.4 is 4.72 Å². The highest BCUT2D eigenvalue weighted by Crippen LogP contribution is 2.20. The van der Waals surface area contributed by atoms with Crippen LogP contribution in [0.4, 0.5) is 0 Å². The second-order valence-electron chi connectivity index (χ2n) is 3.66. The van der Waals surface area contributed by atoms with Crippen molar-refractivity contribution >= 4 is 31.9 Å². The first-order valence-electron chi connectivity index (χ1n) is 5.37. The number of hydrogen-bond donors (Lipinski definition) is 1. The molecule has 0 saturated heterocycles. The first-order chi connectivity index (χ1) is 8.38. The van der Waals surface area contributed by atoms with Gasteiger partial charge in [0.15, 0.2) is 0 Å². The third-order valence-electron chi connectivity index (χ3n) is 2.22. The van der Waals surface area contributed by atoms with Crippen molar-refractivity contribution in [1.29, 1.82) is 0 Å². The van der Waals surface area contributed by atoms with Crippen molar-refractivity contribution in [2.75, 3.05) is 0 Å². The standard InChI is InChI=1S/C12H14BrNO3S/c1-3-6-9(2)12(15)14-18(16,17)11-8-5-4-7-10(11)13/h4-8H,3H2,1-2H3,(H,14,15)/b9-6-. The molecule has 0 aliphatic carbocycles. The second kappa shape index (κ2) is 6.15. The molecule has 0 aliphatic rings. The summed E-state index contributed by atoms with van der Waals surface area (Å²) >= 11 is 3.14. The largest absolute Gasteiger partial charge is 0.269 e. The van der Waals surface area contributed by atoms with Crippen LogP contribution in [0.5, 0.6) is 0 Å². The lowest BCUT2D eigenvalue weighted by molar-refractivity contribution is -0.115. The molecule has 6 heteroatoms. The lowest BCUT2D eigenvalue weighted by Crippen LogP contribution is -2.31. The first kappa shape index (κ1) is 14.9. The topological polar surface area (TPSA) is 63.2 Å². The summed E-state index contributed by atoms with van der Waals surface area (Å²) in [6.07, 6.45) is 2.35. The molecule has 0 fully saturated rings. The molecule has 0 spiro atoms. The molecule has 1 aromatic carbocycles. The molecule has 98 valence electrons. The van der Waals surface area contributed by atoms with E-state index in [1.54, 1.807) is 31.2 Å². The molecule has 0 bridgehead atoms. The number of allylic oxidation sites excluding steroid dienone is 1. The number of carbonyl (C=O) groups is 1. The predicted octanol–water partition coefficient (Wildman–Crippen LogP) is 2.61. The average molecular weight is 332 g/mol.